The quantitative estimate of drug-likeness (QED) is 0.877. The Bertz CT molecular complexity index is 608. The molecule has 0 saturated carbocycles. The Kier molecular flexibility index (Phi) is 4.48. The first-order valence-corrected chi connectivity index (χ1v) is 6.26. The molecule has 5 heteroatoms. The molecule has 0 aliphatic rings. The topological polar surface area (TPSA) is 55.8 Å². The molecule has 0 aliphatic carbocycles. The van der Waals surface area contributed by atoms with Crippen molar-refractivity contribution in [2.24, 2.45) is 0 Å². The van der Waals surface area contributed by atoms with Crippen LogP contribution in [0.3, 0.4) is 0 Å². The summed E-state index contributed by atoms with van der Waals surface area (Å²) in [6, 6.07) is 11.3. The minimum Gasteiger partial charge on any atom is -0.507 e. The molecule has 2 rings (SSSR count). The van der Waals surface area contributed by atoms with E-state index in [2.05, 4.69) is 0 Å². The molecule has 1 N–H and O–H groups in total. The molecule has 20 heavy (non-hydrogen) atoms. The van der Waals surface area contributed by atoms with Gasteiger partial charge in [0, 0.05) is 5.02 Å². The van der Waals surface area contributed by atoms with E-state index in [1.807, 2.05) is 0 Å². The number of carbonyl (C=O) groups excluding carboxylic acids is 1. The summed E-state index contributed by atoms with van der Waals surface area (Å²) in [5, 5.41) is 10.3. The van der Waals surface area contributed by atoms with Gasteiger partial charge in [-0.1, -0.05) is 23.7 Å². The molecule has 0 atom stereocenters. The van der Waals surface area contributed by atoms with Crippen molar-refractivity contribution >= 4 is 17.6 Å². The lowest BCUT2D eigenvalue weighted by atomic mass is 10.2. The molecule has 0 saturated heterocycles. The normalized spacial score (nSPS) is 10.1. The van der Waals surface area contributed by atoms with Crippen LogP contribution in [0.15, 0.2) is 42.5 Å². The number of halogens is 1. The highest BCUT2D eigenvalue weighted by atomic mass is 35.5. The van der Waals surface area contributed by atoms with Gasteiger partial charge >= 0.3 is 5.97 Å². The molecule has 0 heterocycles. The van der Waals surface area contributed by atoms with E-state index in [0.29, 0.717) is 10.8 Å². The molecule has 0 amide bonds. The van der Waals surface area contributed by atoms with Gasteiger partial charge in [0.15, 0.2) is 0 Å². The van der Waals surface area contributed by atoms with Crippen molar-refractivity contribution in [2.75, 3.05) is 7.11 Å². The first-order chi connectivity index (χ1) is 9.60. The first kappa shape index (κ1) is 14.2. The van der Waals surface area contributed by atoms with E-state index in [1.165, 1.54) is 19.2 Å². The second kappa shape index (κ2) is 6.30. The number of ether oxygens (including phenoxy) is 2. The summed E-state index contributed by atoms with van der Waals surface area (Å²) in [6.45, 7) is 0.104. The van der Waals surface area contributed by atoms with Gasteiger partial charge in [0.1, 0.15) is 23.7 Å². The van der Waals surface area contributed by atoms with Crippen LogP contribution in [0, 0.1) is 0 Å². The van der Waals surface area contributed by atoms with Crippen molar-refractivity contribution in [3.8, 4) is 11.5 Å². The molecular weight excluding hydrogens is 280 g/mol. The fourth-order valence-corrected chi connectivity index (χ4v) is 1.74. The number of rotatable bonds is 4. The van der Waals surface area contributed by atoms with Gasteiger partial charge < -0.3 is 14.6 Å². The van der Waals surface area contributed by atoms with Crippen molar-refractivity contribution in [1.82, 2.24) is 0 Å². The van der Waals surface area contributed by atoms with E-state index < -0.39 is 5.97 Å². The fourth-order valence-electron chi connectivity index (χ4n) is 1.61. The van der Waals surface area contributed by atoms with Gasteiger partial charge in [0.2, 0.25) is 0 Å². The van der Waals surface area contributed by atoms with Crippen molar-refractivity contribution < 1.29 is 19.4 Å². The van der Waals surface area contributed by atoms with Crippen molar-refractivity contribution in [1.29, 1.82) is 0 Å². The number of phenols is 1. The predicted octanol–water partition coefficient (Wildman–Crippen LogP) is 3.41. The number of benzene rings is 2. The highest BCUT2D eigenvalue weighted by Gasteiger charge is 2.14. The first-order valence-electron chi connectivity index (χ1n) is 5.88. The average Bonchev–Trinajstić information content (AvgIpc) is 2.47. The third-order valence-corrected chi connectivity index (χ3v) is 2.96. The van der Waals surface area contributed by atoms with Crippen LogP contribution in [0.25, 0.3) is 0 Å². The van der Waals surface area contributed by atoms with Crippen LogP contribution < -0.4 is 4.74 Å². The number of esters is 1. The summed E-state index contributed by atoms with van der Waals surface area (Å²) in [5.41, 5.74) is 0.878. The molecule has 0 aromatic heterocycles. The Morgan fingerprint density at radius 2 is 1.90 bits per heavy atom. The third kappa shape index (κ3) is 3.42. The molecule has 0 bridgehead atoms. The van der Waals surface area contributed by atoms with Gasteiger partial charge in [-0.2, -0.15) is 0 Å². The van der Waals surface area contributed by atoms with Crippen LogP contribution >= 0.6 is 11.6 Å². The third-order valence-electron chi connectivity index (χ3n) is 2.71. The Labute approximate surface area is 121 Å². The summed E-state index contributed by atoms with van der Waals surface area (Å²) < 4.78 is 10.1. The number of hydrogen-bond donors (Lipinski definition) is 1. The summed E-state index contributed by atoms with van der Waals surface area (Å²) in [7, 11) is 1.48. The number of methoxy groups -OCH3 is 1. The van der Waals surface area contributed by atoms with E-state index in [9.17, 15) is 9.90 Å². The highest BCUT2D eigenvalue weighted by Crippen LogP contribution is 2.24. The molecule has 0 spiro atoms. The van der Waals surface area contributed by atoms with E-state index in [-0.39, 0.29) is 17.9 Å². The SMILES string of the molecule is COc1ccc(O)c(C(=O)OCc2ccc(Cl)cc2)c1. The van der Waals surface area contributed by atoms with Crippen LogP contribution in [-0.2, 0) is 11.3 Å². The number of aromatic hydroxyl groups is 1. The lowest BCUT2D eigenvalue weighted by Gasteiger charge is -2.08. The lowest BCUT2D eigenvalue weighted by Crippen LogP contribution is -2.06. The zero-order valence-corrected chi connectivity index (χ0v) is 11.6. The zero-order chi connectivity index (χ0) is 14.5. The maximum absolute atomic E-state index is 11.9. The predicted molar refractivity (Wildman–Crippen MR) is 75.2 cm³/mol. The second-order valence-corrected chi connectivity index (χ2v) is 4.52. The zero-order valence-electron chi connectivity index (χ0n) is 10.8. The van der Waals surface area contributed by atoms with Crippen LogP contribution in [0.2, 0.25) is 5.02 Å². The summed E-state index contributed by atoms with van der Waals surface area (Å²) in [6.07, 6.45) is 0. The standard InChI is InChI=1S/C15H13ClO4/c1-19-12-6-7-14(17)13(8-12)15(18)20-9-10-2-4-11(16)5-3-10/h2-8,17H,9H2,1H3. The van der Waals surface area contributed by atoms with Gasteiger partial charge in [0.25, 0.3) is 0 Å². The van der Waals surface area contributed by atoms with Gasteiger partial charge in [-0.25, -0.2) is 4.79 Å². The van der Waals surface area contributed by atoms with Crippen molar-refractivity contribution in [3.63, 3.8) is 0 Å². The molecule has 2 aromatic carbocycles. The van der Waals surface area contributed by atoms with Crippen molar-refractivity contribution in [3.05, 3.63) is 58.6 Å². The molecule has 0 aliphatic heterocycles. The minimum atomic E-state index is -0.614. The fraction of sp³-hybridized carbons (Fsp3) is 0.133. The van der Waals surface area contributed by atoms with Crippen LogP contribution in [0.4, 0.5) is 0 Å². The Hall–Kier alpha value is -2.20. The second-order valence-electron chi connectivity index (χ2n) is 4.09. The van der Waals surface area contributed by atoms with Crippen molar-refractivity contribution in [2.45, 2.75) is 6.61 Å². The van der Waals surface area contributed by atoms with E-state index in [1.54, 1.807) is 30.3 Å². The van der Waals surface area contributed by atoms with Crippen LogP contribution in [0.5, 0.6) is 11.5 Å². The van der Waals surface area contributed by atoms with Gasteiger partial charge in [-0.15, -0.1) is 0 Å². The number of hydrogen-bond acceptors (Lipinski definition) is 4. The highest BCUT2D eigenvalue weighted by molar-refractivity contribution is 6.30. The molecule has 4 nitrogen and oxygen atoms in total. The van der Waals surface area contributed by atoms with Crippen LogP contribution in [-0.4, -0.2) is 18.2 Å². The molecule has 0 radical (unpaired) electrons. The van der Waals surface area contributed by atoms with E-state index in [0.717, 1.165) is 5.56 Å². The Balaban J connectivity index is 2.06. The maximum Gasteiger partial charge on any atom is 0.342 e. The molecule has 0 fully saturated rings. The Morgan fingerprint density at radius 3 is 2.55 bits per heavy atom. The minimum absolute atomic E-state index is 0.0679. The smallest absolute Gasteiger partial charge is 0.342 e. The van der Waals surface area contributed by atoms with Gasteiger partial charge in [0.05, 0.1) is 7.11 Å². The molecule has 2 aromatic rings. The van der Waals surface area contributed by atoms with Gasteiger partial charge in [-0.3, -0.25) is 0 Å². The average molecular weight is 293 g/mol. The van der Waals surface area contributed by atoms with Crippen LogP contribution in [0.1, 0.15) is 15.9 Å². The van der Waals surface area contributed by atoms with E-state index in [4.69, 9.17) is 21.1 Å². The summed E-state index contributed by atoms with van der Waals surface area (Å²) in [4.78, 5) is 11.9. The summed E-state index contributed by atoms with van der Waals surface area (Å²) >= 11 is 5.77. The maximum atomic E-state index is 11.9. The lowest BCUT2D eigenvalue weighted by molar-refractivity contribution is 0.0469. The van der Waals surface area contributed by atoms with Gasteiger partial charge in [-0.05, 0) is 35.9 Å². The Morgan fingerprint density at radius 1 is 1.20 bits per heavy atom. The van der Waals surface area contributed by atoms with E-state index >= 15 is 0 Å². The largest absolute Gasteiger partial charge is 0.507 e. The monoisotopic (exact) mass is 292 g/mol. The molecule has 0 unspecified atom stereocenters. The molecular formula is C15H13ClO4. The molecule has 104 valence electrons. The number of phenolic OH excluding ortho intramolecular Hbond substituents is 1. The summed E-state index contributed by atoms with van der Waals surface area (Å²) in [5.74, 6) is -0.288. The number of carbonyl (C=O) groups is 1.